The monoisotopic (exact) mass is 224 g/mol. The molecular formula is C16H16O. The Hall–Kier alpha value is -1.76. The standard InChI is InChI=1S/C16H16O/c1-12-5-4-7-14(11-12)16-10-9-13-6-2-3-8-15(13)17-16/h2-8,11,16H,9-10H2,1H3. The predicted molar refractivity (Wildman–Crippen MR) is 69.3 cm³/mol. The average molecular weight is 224 g/mol. The molecule has 0 saturated carbocycles. The number of rotatable bonds is 1. The quantitative estimate of drug-likeness (QED) is 0.709. The molecule has 0 radical (unpaired) electrons. The van der Waals surface area contributed by atoms with Crippen LogP contribution in [0.4, 0.5) is 0 Å². The van der Waals surface area contributed by atoms with Crippen LogP contribution in [0, 0.1) is 6.92 Å². The molecule has 1 heteroatoms. The van der Waals surface area contributed by atoms with Gasteiger partial charge in [-0.2, -0.15) is 0 Å². The topological polar surface area (TPSA) is 9.23 Å². The van der Waals surface area contributed by atoms with Gasteiger partial charge in [-0.25, -0.2) is 0 Å². The number of ether oxygens (including phenoxy) is 1. The Morgan fingerprint density at radius 2 is 1.94 bits per heavy atom. The summed E-state index contributed by atoms with van der Waals surface area (Å²) in [6.45, 7) is 2.13. The Labute approximate surface area is 102 Å². The SMILES string of the molecule is Cc1cccc(C2CCc3ccccc3O2)c1. The van der Waals surface area contributed by atoms with Crippen LogP contribution >= 0.6 is 0 Å². The van der Waals surface area contributed by atoms with E-state index in [-0.39, 0.29) is 6.10 Å². The van der Waals surface area contributed by atoms with E-state index in [1.807, 2.05) is 6.07 Å². The van der Waals surface area contributed by atoms with Gasteiger partial charge in [-0.3, -0.25) is 0 Å². The molecule has 1 aliphatic heterocycles. The fourth-order valence-corrected chi connectivity index (χ4v) is 2.43. The molecule has 0 fully saturated rings. The van der Waals surface area contributed by atoms with Crippen molar-refractivity contribution in [1.29, 1.82) is 0 Å². The van der Waals surface area contributed by atoms with Gasteiger partial charge in [-0.05, 0) is 37.0 Å². The summed E-state index contributed by atoms with van der Waals surface area (Å²) < 4.78 is 6.07. The van der Waals surface area contributed by atoms with E-state index in [1.165, 1.54) is 16.7 Å². The first-order valence-corrected chi connectivity index (χ1v) is 6.14. The highest BCUT2D eigenvalue weighted by atomic mass is 16.5. The molecule has 1 nitrogen and oxygen atoms in total. The third kappa shape index (κ3) is 2.05. The molecule has 17 heavy (non-hydrogen) atoms. The molecule has 3 rings (SSSR count). The zero-order valence-corrected chi connectivity index (χ0v) is 10.0. The lowest BCUT2D eigenvalue weighted by molar-refractivity contribution is 0.176. The lowest BCUT2D eigenvalue weighted by atomic mass is 9.97. The molecule has 0 aromatic heterocycles. The lowest BCUT2D eigenvalue weighted by Crippen LogP contribution is -2.14. The molecule has 1 heterocycles. The summed E-state index contributed by atoms with van der Waals surface area (Å²) in [6.07, 6.45) is 2.39. The van der Waals surface area contributed by atoms with Crippen LogP contribution in [0.3, 0.4) is 0 Å². The first-order chi connectivity index (χ1) is 8.33. The molecule has 1 unspecified atom stereocenters. The van der Waals surface area contributed by atoms with Gasteiger partial charge < -0.3 is 4.74 Å². The molecule has 0 spiro atoms. The number of para-hydroxylation sites is 1. The minimum Gasteiger partial charge on any atom is -0.485 e. The van der Waals surface area contributed by atoms with E-state index in [9.17, 15) is 0 Å². The van der Waals surface area contributed by atoms with Gasteiger partial charge in [-0.15, -0.1) is 0 Å². The molecule has 0 N–H and O–H groups in total. The largest absolute Gasteiger partial charge is 0.485 e. The number of fused-ring (bicyclic) bond motifs is 1. The van der Waals surface area contributed by atoms with Gasteiger partial charge in [0.05, 0.1) is 0 Å². The molecule has 2 aromatic carbocycles. The lowest BCUT2D eigenvalue weighted by Gasteiger charge is -2.26. The summed E-state index contributed by atoms with van der Waals surface area (Å²) in [7, 11) is 0. The minimum atomic E-state index is 0.213. The maximum atomic E-state index is 6.07. The van der Waals surface area contributed by atoms with Gasteiger partial charge in [0, 0.05) is 0 Å². The van der Waals surface area contributed by atoms with E-state index in [0.717, 1.165) is 18.6 Å². The summed E-state index contributed by atoms with van der Waals surface area (Å²) in [5, 5.41) is 0. The zero-order valence-electron chi connectivity index (χ0n) is 10.0. The molecule has 86 valence electrons. The summed E-state index contributed by atoms with van der Waals surface area (Å²) >= 11 is 0. The highest BCUT2D eigenvalue weighted by Gasteiger charge is 2.20. The predicted octanol–water partition coefficient (Wildman–Crippen LogP) is 4.06. The molecule has 2 aromatic rings. The van der Waals surface area contributed by atoms with Crippen LogP contribution in [0.25, 0.3) is 0 Å². The van der Waals surface area contributed by atoms with E-state index >= 15 is 0 Å². The maximum Gasteiger partial charge on any atom is 0.124 e. The van der Waals surface area contributed by atoms with Gasteiger partial charge in [-0.1, -0.05) is 48.0 Å². The highest BCUT2D eigenvalue weighted by Crippen LogP contribution is 2.34. The van der Waals surface area contributed by atoms with E-state index in [4.69, 9.17) is 4.74 Å². The molecule has 0 saturated heterocycles. The summed E-state index contributed by atoms with van der Waals surface area (Å²) in [4.78, 5) is 0. The Kier molecular flexibility index (Phi) is 2.60. The van der Waals surface area contributed by atoms with Crippen molar-refractivity contribution in [3.8, 4) is 5.75 Å². The second-order valence-corrected chi connectivity index (χ2v) is 4.67. The highest BCUT2D eigenvalue weighted by molar-refractivity contribution is 5.37. The van der Waals surface area contributed by atoms with Crippen LogP contribution < -0.4 is 4.74 Å². The molecule has 1 atom stereocenters. The van der Waals surface area contributed by atoms with Crippen molar-refractivity contribution in [3.05, 3.63) is 65.2 Å². The van der Waals surface area contributed by atoms with Crippen molar-refractivity contribution in [3.63, 3.8) is 0 Å². The van der Waals surface area contributed by atoms with Crippen molar-refractivity contribution in [2.24, 2.45) is 0 Å². The van der Waals surface area contributed by atoms with Gasteiger partial charge in [0.25, 0.3) is 0 Å². The van der Waals surface area contributed by atoms with Crippen molar-refractivity contribution in [2.75, 3.05) is 0 Å². The first-order valence-electron chi connectivity index (χ1n) is 6.14. The third-order valence-corrected chi connectivity index (χ3v) is 3.33. The average Bonchev–Trinajstić information content (AvgIpc) is 2.38. The zero-order chi connectivity index (χ0) is 11.7. The minimum absolute atomic E-state index is 0.213. The van der Waals surface area contributed by atoms with Crippen molar-refractivity contribution in [1.82, 2.24) is 0 Å². The number of hydrogen-bond acceptors (Lipinski definition) is 1. The number of hydrogen-bond donors (Lipinski definition) is 0. The Balaban J connectivity index is 1.89. The molecular weight excluding hydrogens is 208 g/mol. The maximum absolute atomic E-state index is 6.07. The van der Waals surface area contributed by atoms with Crippen LogP contribution in [0.1, 0.15) is 29.2 Å². The number of benzene rings is 2. The molecule has 0 bridgehead atoms. The van der Waals surface area contributed by atoms with Gasteiger partial charge in [0.2, 0.25) is 0 Å². The smallest absolute Gasteiger partial charge is 0.124 e. The summed E-state index contributed by atoms with van der Waals surface area (Å²) in [5.41, 5.74) is 3.92. The Bertz CT molecular complexity index is 531. The fraction of sp³-hybridized carbons (Fsp3) is 0.250. The van der Waals surface area contributed by atoms with Crippen molar-refractivity contribution in [2.45, 2.75) is 25.9 Å². The molecule has 1 aliphatic rings. The van der Waals surface area contributed by atoms with Crippen LogP contribution in [-0.4, -0.2) is 0 Å². The van der Waals surface area contributed by atoms with Gasteiger partial charge >= 0.3 is 0 Å². The van der Waals surface area contributed by atoms with Crippen LogP contribution in [-0.2, 0) is 6.42 Å². The Morgan fingerprint density at radius 1 is 1.06 bits per heavy atom. The van der Waals surface area contributed by atoms with Crippen LogP contribution in [0.15, 0.2) is 48.5 Å². The van der Waals surface area contributed by atoms with Crippen LogP contribution in [0.5, 0.6) is 5.75 Å². The first kappa shape index (κ1) is 10.4. The van der Waals surface area contributed by atoms with E-state index < -0.39 is 0 Å². The second kappa shape index (κ2) is 4.25. The van der Waals surface area contributed by atoms with E-state index in [0.29, 0.717) is 0 Å². The van der Waals surface area contributed by atoms with Gasteiger partial charge in [0.15, 0.2) is 0 Å². The summed E-state index contributed by atoms with van der Waals surface area (Å²) in [5.74, 6) is 1.05. The summed E-state index contributed by atoms with van der Waals surface area (Å²) in [6, 6.07) is 16.9. The van der Waals surface area contributed by atoms with Crippen molar-refractivity contribution < 1.29 is 4.74 Å². The van der Waals surface area contributed by atoms with Crippen LogP contribution in [0.2, 0.25) is 0 Å². The second-order valence-electron chi connectivity index (χ2n) is 4.67. The normalized spacial score (nSPS) is 18.3. The number of aryl methyl sites for hydroxylation is 2. The third-order valence-electron chi connectivity index (χ3n) is 3.33. The fourth-order valence-electron chi connectivity index (χ4n) is 2.43. The molecule has 0 aliphatic carbocycles. The van der Waals surface area contributed by atoms with Gasteiger partial charge in [0.1, 0.15) is 11.9 Å². The van der Waals surface area contributed by atoms with E-state index in [2.05, 4.69) is 49.4 Å². The van der Waals surface area contributed by atoms with E-state index in [1.54, 1.807) is 0 Å². The Morgan fingerprint density at radius 3 is 2.82 bits per heavy atom. The molecule has 0 amide bonds. The van der Waals surface area contributed by atoms with Crippen molar-refractivity contribution >= 4 is 0 Å².